The van der Waals surface area contributed by atoms with Gasteiger partial charge in [-0.15, -0.1) is 0 Å². The molecule has 1 aromatic rings. The molecule has 0 radical (unpaired) electrons. The standard InChI is InChI=1S/C9H11NO2.H2O/c10-8(9(11)12)6-7-4-2-1-3-5-7;/h1-5,8H,6,10H2,(H,11,12);1H2/t8-;/m0./s1. The van der Waals surface area contributed by atoms with Gasteiger partial charge < -0.3 is 16.3 Å². The van der Waals surface area contributed by atoms with Crippen LogP contribution in [0.4, 0.5) is 0 Å². The predicted molar refractivity (Wildman–Crippen MR) is 49.4 cm³/mol. The van der Waals surface area contributed by atoms with Crippen LogP contribution in [0.25, 0.3) is 0 Å². The number of carboxylic acids is 1. The molecule has 0 saturated heterocycles. The van der Waals surface area contributed by atoms with Crippen molar-refractivity contribution in [3.8, 4) is 0 Å². The maximum Gasteiger partial charge on any atom is 0.320 e. The van der Waals surface area contributed by atoms with E-state index in [2.05, 4.69) is 0 Å². The Morgan fingerprint density at radius 1 is 1.38 bits per heavy atom. The van der Waals surface area contributed by atoms with Crippen molar-refractivity contribution >= 4 is 5.97 Å². The van der Waals surface area contributed by atoms with Gasteiger partial charge in [0.2, 0.25) is 0 Å². The third kappa shape index (κ3) is 3.68. The van der Waals surface area contributed by atoms with Crippen LogP contribution in [0.1, 0.15) is 5.56 Å². The highest BCUT2D eigenvalue weighted by Gasteiger charge is 2.10. The van der Waals surface area contributed by atoms with Gasteiger partial charge in [-0.2, -0.15) is 0 Å². The first-order valence-corrected chi connectivity index (χ1v) is 3.72. The first kappa shape index (κ1) is 11.6. The number of carboxylic acid groups (broad SMARTS) is 1. The van der Waals surface area contributed by atoms with E-state index in [1.807, 2.05) is 30.3 Å². The Balaban J connectivity index is 0.00000144. The van der Waals surface area contributed by atoms with Gasteiger partial charge in [0.25, 0.3) is 0 Å². The van der Waals surface area contributed by atoms with Gasteiger partial charge in [0.05, 0.1) is 0 Å². The first-order chi connectivity index (χ1) is 5.70. The lowest BCUT2D eigenvalue weighted by atomic mass is 10.1. The molecule has 1 aromatic carbocycles. The van der Waals surface area contributed by atoms with Gasteiger partial charge in [-0.1, -0.05) is 30.3 Å². The second-order valence-corrected chi connectivity index (χ2v) is 2.63. The molecule has 1 atom stereocenters. The highest BCUT2D eigenvalue weighted by Crippen LogP contribution is 2.01. The van der Waals surface area contributed by atoms with Gasteiger partial charge in [-0.25, -0.2) is 0 Å². The van der Waals surface area contributed by atoms with Crippen molar-refractivity contribution in [2.75, 3.05) is 0 Å². The van der Waals surface area contributed by atoms with Crippen molar-refractivity contribution in [2.24, 2.45) is 5.73 Å². The lowest BCUT2D eigenvalue weighted by molar-refractivity contribution is -0.138. The zero-order valence-electron chi connectivity index (χ0n) is 7.10. The average Bonchev–Trinajstić information content (AvgIpc) is 2.06. The van der Waals surface area contributed by atoms with Gasteiger partial charge in [-0.3, -0.25) is 4.79 Å². The third-order valence-corrected chi connectivity index (χ3v) is 1.62. The monoisotopic (exact) mass is 183 g/mol. The highest BCUT2D eigenvalue weighted by molar-refractivity contribution is 5.73. The zero-order valence-corrected chi connectivity index (χ0v) is 7.10. The minimum Gasteiger partial charge on any atom is -0.480 e. The number of benzene rings is 1. The molecule has 0 fully saturated rings. The molecule has 0 heterocycles. The van der Waals surface area contributed by atoms with E-state index in [0.29, 0.717) is 6.42 Å². The Hall–Kier alpha value is -1.39. The second kappa shape index (κ2) is 5.29. The smallest absolute Gasteiger partial charge is 0.320 e. The SMILES string of the molecule is N[C@@H](Cc1ccccc1)C(=O)O.O. The second-order valence-electron chi connectivity index (χ2n) is 2.63. The molecule has 0 bridgehead atoms. The van der Waals surface area contributed by atoms with E-state index in [4.69, 9.17) is 10.8 Å². The maximum absolute atomic E-state index is 10.4. The Bertz CT molecular complexity index is 261. The minimum absolute atomic E-state index is 0. The van der Waals surface area contributed by atoms with E-state index in [-0.39, 0.29) is 5.48 Å². The minimum atomic E-state index is -0.959. The summed E-state index contributed by atoms with van der Waals surface area (Å²) in [7, 11) is 0. The third-order valence-electron chi connectivity index (χ3n) is 1.62. The molecule has 4 nitrogen and oxygen atoms in total. The maximum atomic E-state index is 10.4. The van der Waals surface area contributed by atoms with Gasteiger partial charge >= 0.3 is 5.97 Å². The summed E-state index contributed by atoms with van der Waals surface area (Å²) < 4.78 is 0. The summed E-state index contributed by atoms with van der Waals surface area (Å²) in [4.78, 5) is 10.4. The predicted octanol–water partition coefficient (Wildman–Crippen LogP) is -0.184. The van der Waals surface area contributed by atoms with Gasteiger partial charge in [0, 0.05) is 0 Å². The number of aliphatic carboxylic acids is 1. The van der Waals surface area contributed by atoms with Gasteiger partial charge in [-0.05, 0) is 12.0 Å². The molecule has 1 rings (SSSR count). The van der Waals surface area contributed by atoms with Crippen molar-refractivity contribution in [2.45, 2.75) is 12.5 Å². The van der Waals surface area contributed by atoms with Crippen molar-refractivity contribution in [1.29, 1.82) is 0 Å². The molecule has 0 unspecified atom stereocenters. The molecule has 0 saturated carbocycles. The fraction of sp³-hybridized carbons (Fsp3) is 0.222. The largest absolute Gasteiger partial charge is 0.480 e. The van der Waals surface area contributed by atoms with Crippen LogP contribution in [0.15, 0.2) is 30.3 Å². The molecule has 72 valence electrons. The van der Waals surface area contributed by atoms with Crippen LogP contribution < -0.4 is 5.73 Å². The molecule has 0 aliphatic heterocycles. The molecular formula is C9H13NO3. The molecule has 4 heteroatoms. The summed E-state index contributed by atoms with van der Waals surface area (Å²) in [6, 6.07) is 8.54. The van der Waals surface area contributed by atoms with Crippen molar-refractivity contribution in [3.63, 3.8) is 0 Å². The first-order valence-electron chi connectivity index (χ1n) is 3.72. The summed E-state index contributed by atoms with van der Waals surface area (Å²) in [6.45, 7) is 0. The summed E-state index contributed by atoms with van der Waals surface area (Å²) in [5, 5.41) is 8.52. The van der Waals surface area contributed by atoms with Gasteiger partial charge in [0.1, 0.15) is 6.04 Å². The lowest BCUT2D eigenvalue weighted by Gasteiger charge is -2.04. The van der Waals surface area contributed by atoms with Crippen LogP contribution >= 0.6 is 0 Å². The molecule has 5 N–H and O–H groups in total. The van der Waals surface area contributed by atoms with Crippen LogP contribution in [-0.4, -0.2) is 22.6 Å². The molecule has 13 heavy (non-hydrogen) atoms. The van der Waals surface area contributed by atoms with Gasteiger partial charge in [0.15, 0.2) is 0 Å². The highest BCUT2D eigenvalue weighted by atomic mass is 16.4. The molecule has 0 aromatic heterocycles. The van der Waals surface area contributed by atoms with Crippen molar-refractivity contribution in [1.82, 2.24) is 0 Å². The number of hydrogen-bond donors (Lipinski definition) is 2. The fourth-order valence-electron chi connectivity index (χ4n) is 0.955. The summed E-state index contributed by atoms with van der Waals surface area (Å²) in [6.07, 6.45) is 0.385. The topological polar surface area (TPSA) is 94.8 Å². The van der Waals surface area contributed by atoms with Crippen molar-refractivity contribution < 1.29 is 15.4 Å². The van der Waals surface area contributed by atoms with Crippen LogP contribution in [0.3, 0.4) is 0 Å². The summed E-state index contributed by atoms with van der Waals surface area (Å²) in [5.74, 6) is -0.959. The molecule has 0 aliphatic rings. The van der Waals surface area contributed by atoms with E-state index in [1.165, 1.54) is 0 Å². The Morgan fingerprint density at radius 2 is 1.92 bits per heavy atom. The molecular weight excluding hydrogens is 170 g/mol. The Kier molecular flexibility index (Phi) is 4.72. The quantitative estimate of drug-likeness (QED) is 0.680. The van der Waals surface area contributed by atoms with Crippen LogP contribution in [-0.2, 0) is 11.2 Å². The summed E-state index contributed by atoms with van der Waals surface area (Å²) in [5.41, 5.74) is 6.30. The number of rotatable bonds is 3. The lowest BCUT2D eigenvalue weighted by Crippen LogP contribution is -2.32. The van der Waals surface area contributed by atoms with E-state index in [1.54, 1.807) is 0 Å². The van der Waals surface area contributed by atoms with Crippen molar-refractivity contribution in [3.05, 3.63) is 35.9 Å². The number of hydrogen-bond acceptors (Lipinski definition) is 2. The number of carbonyl (C=O) groups is 1. The van der Waals surface area contributed by atoms with Crippen LogP contribution in [0.2, 0.25) is 0 Å². The molecule has 0 aliphatic carbocycles. The Labute approximate surface area is 76.3 Å². The van der Waals surface area contributed by atoms with Crippen LogP contribution in [0.5, 0.6) is 0 Å². The molecule has 0 spiro atoms. The number of nitrogens with two attached hydrogens (primary N) is 1. The normalized spacial score (nSPS) is 11.5. The Morgan fingerprint density at radius 3 is 2.38 bits per heavy atom. The van der Waals surface area contributed by atoms with E-state index >= 15 is 0 Å². The van der Waals surface area contributed by atoms with Crippen LogP contribution in [0, 0.1) is 0 Å². The zero-order chi connectivity index (χ0) is 8.97. The molecule has 0 amide bonds. The summed E-state index contributed by atoms with van der Waals surface area (Å²) >= 11 is 0. The van der Waals surface area contributed by atoms with E-state index < -0.39 is 12.0 Å². The van der Waals surface area contributed by atoms with E-state index in [9.17, 15) is 4.79 Å². The van der Waals surface area contributed by atoms with E-state index in [0.717, 1.165) is 5.56 Å². The average molecular weight is 183 g/mol. The fourth-order valence-corrected chi connectivity index (χ4v) is 0.955.